The van der Waals surface area contributed by atoms with E-state index in [2.05, 4.69) is 61.7 Å². The summed E-state index contributed by atoms with van der Waals surface area (Å²) in [5.41, 5.74) is 5.59. The second-order valence-corrected chi connectivity index (χ2v) is 7.18. The van der Waals surface area contributed by atoms with Gasteiger partial charge in [0.1, 0.15) is 0 Å². The van der Waals surface area contributed by atoms with Gasteiger partial charge >= 0.3 is 135 Å². The number of rotatable bonds is 8. The number of hydrogen-bond donors (Lipinski definition) is 0. The Balaban J connectivity index is 1.80. The molecule has 0 saturated carbocycles. The van der Waals surface area contributed by atoms with Crippen molar-refractivity contribution in [1.82, 2.24) is 0 Å². The van der Waals surface area contributed by atoms with Crippen molar-refractivity contribution in [3.8, 4) is 0 Å². The third kappa shape index (κ3) is 5.38. The van der Waals surface area contributed by atoms with Gasteiger partial charge in [-0.25, -0.2) is 0 Å². The first kappa shape index (κ1) is 15.8. The zero-order chi connectivity index (χ0) is 14.9. The van der Waals surface area contributed by atoms with Crippen LogP contribution in [0.15, 0.2) is 73.8 Å². The first-order chi connectivity index (χ1) is 10.3. The molecule has 2 aromatic carbocycles. The number of allylic oxidation sites excluding steroid dienone is 2. The molecule has 2 aromatic rings. The Kier molecular flexibility index (Phi) is 6.53. The zero-order valence-electron chi connectivity index (χ0n) is 12.4. The third-order valence-corrected chi connectivity index (χ3v) is 5.60. The average Bonchev–Trinajstić information content (AvgIpc) is 2.51. The van der Waals surface area contributed by atoms with E-state index in [4.69, 9.17) is 0 Å². The van der Waals surface area contributed by atoms with Crippen LogP contribution in [0.3, 0.4) is 0 Å². The van der Waals surface area contributed by atoms with E-state index in [9.17, 15) is 0 Å². The topological polar surface area (TPSA) is 0 Å². The predicted octanol–water partition coefficient (Wildman–Crippen LogP) is 4.55. The molecule has 0 atom stereocenters. The molecule has 1 heteroatoms. The van der Waals surface area contributed by atoms with E-state index >= 15 is 0 Å². The van der Waals surface area contributed by atoms with Crippen molar-refractivity contribution in [1.29, 1.82) is 0 Å². The average molecular weight is 341 g/mol. The fraction of sp³-hybridized carbons (Fsp3) is 0.200. The molecule has 108 valence electrons. The van der Waals surface area contributed by atoms with Crippen LogP contribution in [0.4, 0.5) is 0 Å². The number of benzene rings is 2. The quantitative estimate of drug-likeness (QED) is 0.488. The van der Waals surface area contributed by atoms with Gasteiger partial charge in [-0.3, -0.25) is 0 Å². The molecule has 0 heterocycles. The van der Waals surface area contributed by atoms with Crippen LogP contribution in [-0.2, 0) is 23.5 Å². The molecule has 0 bridgehead atoms. The summed E-state index contributed by atoms with van der Waals surface area (Å²) in [6, 6.07) is 17.9. The van der Waals surface area contributed by atoms with Gasteiger partial charge in [-0.15, -0.1) is 0 Å². The molecule has 0 fully saturated rings. The summed E-state index contributed by atoms with van der Waals surface area (Å²) in [5, 5.41) is 2.41. The summed E-state index contributed by atoms with van der Waals surface area (Å²) in [7, 11) is 0. The van der Waals surface area contributed by atoms with Crippen LogP contribution in [0.2, 0.25) is 0 Å². The first-order valence-corrected chi connectivity index (χ1v) is 9.69. The third-order valence-electron chi connectivity index (χ3n) is 3.34. The summed E-state index contributed by atoms with van der Waals surface area (Å²) in [4.78, 5) is 0. The van der Waals surface area contributed by atoms with E-state index < -0.39 is 0 Å². The minimum absolute atomic E-state index is 0.625. The van der Waals surface area contributed by atoms with Gasteiger partial charge < -0.3 is 0 Å². The molecule has 0 N–H and O–H groups in total. The van der Waals surface area contributed by atoms with E-state index in [1.54, 1.807) is 0 Å². The molecule has 0 aliphatic carbocycles. The SMILES string of the molecule is C=CCc1ccc(C[Se]Cc2ccc(CC=C)cc2)cc1. The molecule has 0 aliphatic rings. The molecular weight excluding hydrogens is 319 g/mol. The van der Waals surface area contributed by atoms with Crippen molar-refractivity contribution in [2.45, 2.75) is 23.5 Å². The Bertz CT molecular complexity index is 510. The molecule has 0 radical (unpaired) electrons. The van der Waals surface area contributed by atoms with Crippen LogP contribution in [-0.4, -0.2) is 15.0 Å². The molecule has 21 heavy (non-hydrogen) atoms. The van der Waals surface area contributed by atoms with Crippen LogP contribution in [0.5, 0.6) is 0 Å². The molecule has 0 aliphatic heterocycles. The molecule has 0 spiro atoms. The van der Waals surface area contributed by atoms with Crippen molar-refractivity contribution in [2.24, 2.45) is 0 Å². The standard InChI is InChI=1S/C20H22Se/c1-3-5-17-7-11-19(12-8-17)15-21-16-20-13-9-18(6-4-2)10-14-20/h3-4,7-14H,1-2,5-6,15-16H2. The molecule has 0 unspecified atom stereocenters. The second-order valence-electron chi connectivity index (χ2n) is 5.11. The predicted molar refractivity (Wildman–Crippen MR) is 93.8 cm³/mol. The number of hydrogen-bond acceptors (Lipinski definition) is 0. The Morgan fingerprint density at radius 1 is 0.619 bits per heavy atom. The van der Waals surface area contributed by atoms with E-state index in [1.807, 2.05) is 12.2 Å². The maximum absolute atomic E-state index is 3.78. The first-order valence-electron chi connectivity index (χ1n) is 7.27. The van der Waals surface area contributed by atoms with Crippen molar-refractivity contribution < 1.29 is 0 Å². The Hall–Kier alpha value is -1.56. The van der Waals surface area contributed by atoms with Crippen LogP contribution < -0.4 is 0 Å². The van der Waals surface area contributed by atoms with Crippen LogP contribution >= 0.6 is 0 Å². The van der Waals surface area contributed by atoms with Crippen molar-refractivity contribution in [3.05, 3.63) is 96.1 Å². The monoisotopic (exact) mass is 342 g/mol. The Labute approximate surface area is 134 Å². The normalized spacial score (nSPS) is 10.3. The summed E-state index contributed by atoms with van der Waals surface area (Å²) in [6.45, 7) is 7.55. The van der Waals surface area contributed by atoms with Gasteiger partial charge in [-0.1, -0.05) is 0 Å². The molecule has 0 nitrogen and oxygen atoms in total. The van der Waals surface area contributed by atoms with E-state index in [-0.39, 0.29) is 0 Å². The molecule has 0 aromatic heterocycles. The summed E-state index contributed by atoms with van der Waals surface area (Å²) >= 11 is 0.625. The second kappa shape index (κ2) is 8.67. The van der Waals surface area contributed by atoms with Gasteiger partial charge in [0.05, 0.1) is 0 Å². The van der Waals surface area contributed by atoms with Gasteiger partial charge in [-0.2, -0.15) is 0 Å². The fourth-order valence-electron chi connectivity index (χ4n) is 2.16. The van der Waals surface area contributed by atoms with Crippen molar-refractivity contribution >= 4 is 15.0 Å². The van der Waals surface area contributed by atoms with Crippen molar-refractivity contribution in [2.75, 3.05) is 0 Å². The minimum atomic E-state index is 0.625. The summed E-state index contributed by atoms with van der Waals surface area (Å²) < 4.78 is 0. The van der Waals surface area contributed by atoms with E-state index in [0.29, 0.717) is 15.0 Å². The summed E-state index contributed by atoms with van der Waals surface area (Å²) in [5.74, 6) is 0. The Morgan fingerprint density at radius 2 is 0.952 bits per heavy atom. The molecule has 0 amide bonds. The molecule has 0 saturated heterocycles. The molecule has 2 rings (SSSR count). The Morgan fingerprint density at radius 3 is 1.29 bits per heavy atom. The molecular formula is C20H22Se. The van der Waals surface area contributed by atoms with Crippen LogP contribution in [0.25, 0.3) is 0 Å². The maximum atomic E-state index is 3.78. The zero-order valence-corrected chi connectivity index (χ0v) is 14.1. The fourth-order valence-corrected chi connectivity index (χ4v) is 4.17. The van der Waals surface area contributed by atoms with Crippen LogP contribution in [0, 0.1) is 0 Å². The van der Waals surface area contributed by atoms with Gasteiger partial charge in [0, 0.05) is 0 Å². The van der Waals surface area contributed by atoms with E-state index in [1.165, 1.54) is 32.9 Å². The summed E-state index contributed by atoms with van der Waals surface area (Å²) in [6.07, 6.45) is 5.83. The van der Waals surface area contributed by atoms with Gasteiger partial charge in [0.2, 0.25) is 0 Å². The van der Waals surface area contributed by atoms with Gasteiger partial charge in [0.15, 0.2) is 0 Å². The van der Waals surface area contributed by atoms with Gasteiger partial charge in [-0.05, 0) is 0 Å². The van der Waals surface area contributed by atoms with Crippen LogP contribution in [0.1, 0.15) is 22.3 Å². The van der Waals surface area contributed by atoms with E-state index in [0.717, 1.165) is 12.8 Å². The van der Waals surface area contributed by atoms with Crippen molar-refractivity contribution in [3.63, 3.8) is 0 Å². The van der Waals surface area contributed by atoms with Gasteiger partial charge in [0.25, 0.3) is 0 Å².